The van der Waals surface area contributed by atoms with Crippen LogP contribution in [0.5, 0.6) is 5.75 Å². The third kappa shape index (κ3) is 2.00. The number of carbonyl (C=O) groups is 1. The summed E-state index contributed by atoms with van der Waals surface area (Å²) in [5, 5.41) is 6.20. The molecule has 2 aliphatic rings. The van der Waals surface area contributed by atoms with Crippen molar-refractivity contribution in [2.75, 3.05) is 13.3 Å². The molecular formula is C15H20N2O2. The Balaban J connectivity index is 1.99. The molecule has 1 atom stereocenters. The molecule has 102 valence electrons. The minimum atomic E-state index is -0.574. The van der Waals surface area contributed by atoms with Crippen molar-refractivity contribution in [3.05, 3.63) is 29.3 Å². The van der Waals surface area contributed by atoms with Crippen LogP contribution in [0.4, 0.5) is 0 Å². The number of amides is 1. The summed E-state index contributed by atoms with van der Waals surface area (Å²) in [5.41, 5.74) is 1.71. The van der Waals surface area contributed by atoms with Gasteiger partial charge in [0.25, 0.3) is 0 Å². The van der Waals surface area contributed by atoms with Crippen molar-refractivity contribution in [1.82, 2.24) is 10.6 Å². The average molecular weight is 260 g/mol. The van der Waals surface area contributed by atoms with E-state index in [2.05, 4.69) is 29.7 Å². The minimum Gasteiger partial charge on any atom is -0.493 e. The lowest BCUT2D eigenvalue weighted by Gasteiger charge is -2.33. The van der Waals surface area contributed by atoms with E-state index in [4.69, 9.17) is 4.74 Å². The minimum absolute atomic E-state index is 0.0738. The van der Waals surface area contributed by atoms with Crippen LogP contribution in [0.1, 0.15) is 37.3 Å². The third-order valence-corrected chi connectivity index (χ3v) is 4.08. The van der Waals surface area contributed by atoms with Crippen molar-refractivity contribution in [3.8, 4) is 5.75 Å². The molecule has 1 unspecified atom stereocenters. The Labute approximate surface area is 113 Å². The van der Waals surface area contributed by atoms with Gasteiger partial charge in [-0.2, -0.15) is 0 Å². The molecule has 4 heteroatoms. The van der Waals surface area contributed by atoms with Crippen molar-refractivity contribution in [2.45, 2.75) is 38.1 Å². The van der Waals surface area contributed by atoms with Gasteiger partial charge in [-0.05, 0) is 30.5 Å². The van der Waals surface area contributed by atoms with Gasteiger partial charge in [0.1, 0.15) is 11.3 Å². The van der Waals surface area contributed by atoms with Crippen LogP contribution in [-0.4, -0.2) is 19.2 Å². The standard InChI is InChI=1S/C15H20N2O2/c1-2-3-4-11-5-6-13-12(9-11)15(7-8-19-13)14(18)16-10-17-15/h5-6,9,17H,2-4,7-8,10H2,1H3,(H,16,18). The van der Waals surface area contributed by atoms with Gasteiger partial charge in [-0.15, -0.1) is 0 Å². The summed E-state index contributed by atoms with van der Waals surface area (Å²) in [6.07, 6.45) is 4.11. The summed E-state index contributed by atoms with van der Waals surface area (Å²) in [6.45, 7) is 3.31. The Bertz CT molecular complexity index is 501. The molecule has 0 saturated carbocycles. The van der Waals surface area contributed by atoms with Crippen LogP contribution in [0.25, 0.3) is 0 Å². The van der Waals surface area contributed by atoms with Crippen molar-refractivity contribution in [3.63, 3.8) is 0 Å². The number of unbranched alkanes of at least 4 members (excludes halogenated alkanes) is 1. The highest BCUT2D eigenvalue weighted by Gasteiger charge is 2.47. The van der Waals surface area contributed by atoms with Crippen LogP contribution in [0, 0.1) is 0 Å². The second-order valence-corrected chi connectivity index (χ2v) is 5.30. The SMILES string of the molecule is CCCCc1ccc2c(c1)C1(CCO2)NCNC1=O. The van der Waals surface area contributed by atoms with E-state index in [-0.39, 0.29) is 5.91 Å². The fourth-order valence-corrected chi connectivity index (χ4v) is 2.95. The largest absolute Gasteiger partial charge is 0.493 e. The number of hydrogen-bond acceptors (Lipinski definition) is 3. The van der Waals surface area contributed by atoms with Crippen molar-refractivity contribution in [2.24, 2.45) is 0 Å². The summed E-state index contributed by atoms with van der Waals surface area (Å²) in [4.78, 5) is 12.2. The molecule has 1 aromatic rings. The summed E-state index contributed by atoms with van der Waals surface area (Å²) in [7, 11) is 0. The highest BCUT2D eigenvalue weighted by molar-refractivity contribution is 5.90. The number of fused-ring (bicyclic) bond motifs is 2. The first-order valence-electron chi connectivity index (χ1n) is 7.06. The fourth-order valence-electron chi connectivity index (χ4n) is 2.95. The van der Waals surface area contributed by atoms with E-state index in [1.54, 1.807) is 0 Å². The molecule has 3 rings (SSSR count). The summed E-state index contributed by atoms with van der Waals surface area (Å²) in [5.74, 6) is 0.917. The first kappa shape index (κ1) is 12.5. The van der Waals surface area contributed by atoms with E-state index >= 15 is 0 Å². The monoisotopic (exact) mass is 260 g/mol. The van der Waals surface area contributed by atoms with Crippen LogP contribution in [0.3, 0.4) is 0 Å². The Hall–Kier alpha value is -1.55. The van der Waals surface area contributed by atoms with Gasteiger partial charge in [-0.3, -0.25) is 10.1 Å². The number of rotatable bonds is 3. The summed E-state index contributed by atoms with van der Waals surface area (Å²) in [6, 6.07) is 6.26. The number of benzene rings is 1. The molecule has 1 spiro atoms. The van der Waals surface area contributed by atoms with Crippen LogP contribution in [-0.2, 0) is 16.8 Å². The van der Waals surface area contributed by atoms with Gasteiger partial charge in [0.05, 0.1) is 13.3 Å². The predicted octanol–water partition coefficient (Wildman–Crippen LogP) is 1.68. The van der Waals surface area contributed by atoms with E-state index in [9.17, 15) is 4.79 Å². The molecular weight excluding hydrogens is 240 g/mol. The van der Waals surface area contributed by atoms with E-state index in [0.29, 0.717) is 19.7 Å². The highest BCUT2D eigenvalue weighted by atomic mass is 16.5. The van der Waals surface area contributed by atoms with Crippen molar-refractivity contribution < 1.29 is 9.53 Å². The molecule has 2 heterocycles. The van der Waals surface area contributed by atoms with Crippen LogP contribution in [0.15, 0.2) is 18.2 Å². The van der Waals surface area contributed by atoms with Gasteiger partial charge in [0.15, 0.2) is 0 Å². The molecule has 0 bridgehead atoms. The molecule has 0 aliphatic carbocycles. The Morgan fingerprint density at radius 2 is 2.32 bits per heavy atom. The zero-order valence-corrected chi connectivity index (χ0v) is 11.3. The molecule has 1 aromatic carbocycles. The molecule has 1 fully saturated rings. The molecule has 0 radical (unpaired) electrons. The van der Waals surface area contributed by atoms with Gasteiger partial charge >= 0.3 is 0 Å². The maximum atomic E-state index is 12.2. The van der Waals surface area contributed by atoms with Crippen molar-refractivity contribution in [1.29, 1.82) is 0 Å². The Morgan fingerprint density at radius 1 is 1.42 bits per heavy atom. The first-order valence-corrected chi connectivity index (χ1v) is 7.06. The lowest BCUT2D eigenvalue weighted by atomic mass is 9.83. The lowest BCUT2D eigenvalue weighted by Crippen LogP contribution is -2.47. The smallest absolute Gasteiger partial charge is 0.246 e. The molecule has 4 nitrogen and oxygen atoms in total. The number of carbonyl (C=O) groups excluding carboxylic acids is 1. The molecule has 2 aliphatic heterocycles. The zero-order valence-electron chi connectivity index (χ0n) is 11.3. The quantitative estimate of drug-likeness (QED) is 0.869. The average Bonchev–Trinajstić information content (AvgIpc) is 2.79. The van der Waals surface area contributed by atoms with Gasteiger partial charge < -0.3 is 10.1 Å². The van der Waals surface area contributed by atoms with Crippen LogP contribution >= 0.6 is 0 Å². The summed E-state index contributed by atoms with van der Waals surface area (Å²) >= 11 is 0. The Morgan fingerprint density at radius 3 is 3.05 bits per heavy atom. The maximum Gasteiger partial charge on any atom is 0.246 e. The van der Waals surface area contributed by atoms with Gasteiger partial charge in [0, 0.05) is 12.0 Å². The number of nitrogens with one attached hydrogen (secondary N) is 2. The van der Waals surface area contributed by atoms with Gasteiger partial charge in [0.2, 0.25) is 5.91 Å². The first-order chi connectivity index (χ1) is 9.26. The molecule has 1 saturated heterocycles. The zero-order chi connectivity index (χ0) is 13.3. The van der Waals surface area contributed by atoms with E-state index < -0.39 is 5.54 Å². The maximum absolute atomic E-state index is 12.2. The molecule has 19 heavy (non-hydrogen) atoms. The molecule has 0 aromatic heterocycles. The highest BCUT2D eigenvalue weighted by Crippen LogP contribution is 2.39. The van der Waals surface area contributed by atoms with Gasteiger partial charge in [-0.1, -0.05) is 19.4 Å². The third-order valence-electron chi connectivity index (χ3n) is 4.08. The van der Waals surface area contributed by atoms with E-state index in [1.165, 1.54) is 18.4 Å². The lowest BCUT2D eigenvalue weighted by molar-refractivity contribution is -0.125. The molecule has 2 N–H and O–H groups in total. The summed E-state index contributed by atoms with van der Waals surface area (Å²) < 4.78 is 5.70. The van der Waals surface area contributed by atoms with Crippen molar-refractivity contribution >= 4 is 5.91 Å². The Kier molecular flexibility index (Phi) is 3.19. The second kappa shape index (κ2) is 4.85. The van der Waals surface area contributed by atoms with Crippen LogP contribution in [0.2, 0.25) is 0 Å². The normalized spacial score (nSPS) is 25.0. The fraction of sp³-hybridized carbons (Fsp3) is 0.533. The van der Waals surface area contributed by atoms with E-state index in [1.807, 2.05) is 6.07 Å². The van der Waals surface area contributed by atoms with Gasteiger partial charge in [-0.25, -0.2) is 0 Å². The second-order valence-electron chi connectivity index (χ2n) is 5.30. The molecule has 1 amide bonds. The number of aryl methyl sites for hydroxylation is 1. The van der Waals surface area contributed by atoms with E-state index in [0.717, 1.165) is 17.7 Å². The topological polar surface area (TPSA) is 50.4 Å². The number of ether oxygens (including phenoxy) is 1. The number of hydrogen-bond donors (Lipinski definition) is 2. The van der Waals surface area contributed by atoms with Crippen LogP contribution < -0.4 is 15.4 Å². The predicted molar refractivity (Wildman–Crippen MR) is 73.0 cm³/mol.